The Kier molecular flexibility index (Phi) is 7.47. The van der Waals surface area contributed by atoms with Gasteiger partial charge in [-0.1, -0.05) is 31.5 Å². The third-order valence-corrected chi connectivity index (χ3v) is 7.88. The van der Waals surface area contributed by atoms with Crippen LogP contribution < -0.4 is 10.6 Å². The molecule has 0 aliphatic carbocycles. The van der Waals surface area contributed by atoms with E-state index < -0.39 is 0 Å². The van der Waals surface area contributed by atoms with E-state index in [0.717, 1.165) is 37.9 Å². The molecule has 7 heteroatoms. The fourth-order valence-electron chi connectivity index (χ4n) is 4.35. The van der Waals surface area contributed by atoms with Gasteiger partial charge in [-0.2, -0.15) is 0 Å². The lowest BCUT2D eigenvalue weighted by atomic mass is 9.92. The highest BCUT2D eigenvalue weighted by molar-refractivity contribution is 7.15. The van der Waals surface area contributed by atoms with Crippen molar-refractivity contribution in [3.05, 3.63) is 69.3 Å². The molecule has 176 valence electrons. The summed E-state index contributed by atoms with van der Waals surface area (Å²) < 4.78 is 2.19. The first kappa shape index (κ1) is 23.9. The van der Waals surface area contributed by atoms with Gasteiger partial charge in [-0.15, -0.1) is 11.3 Å². The molecule has 0 saturated heterocycles. The van der Waals surface area contributed by atoms with Crippen molar-refractivity contribution < 1.29 is 4.79 Å². The predicted molar refractivity (Wildman–Crippen MR) is 139 cm³/mol. The van der Waals surface area contributed by atoms with E-state index in [4.69, 9.17) is 11.6 Å². The number of benzene rings is 1. The van der Waals surface area contributed by atoms with Crippen molar-refractivity contribution in [2.45, 2.75) is 52.6 Å². The lowest BCUT2D eigenvalue weighted by Gasteiger charge is -2.26. The maximum absolute atomic E-state index is 13.1. The van der Waals surface area contributed by atoms with Crippen LogP contribution in [0, 0.1) is 12.8 Å². The average Bonchev–Trinajstić information content (AvgIpc) is 3.41. The third kappa shape index (κ3) is 5.62. The number of carbonyl (C=O) groups excluding carboxylic acids is 1. The molecule has 4 rings (SSSR count). The quantitative estimate of drug-likeness (QED) is 0.388. The minimum Gasteiger partial charge on any atom is -0.331 e. The summed E-state index contributed by atoms with van der Waals surface area (Å²) in [6.45, 7) is 8.41. The Balaban J connectivity index is 1.66. The highest BCUT2D eigenvalue weighted by atomic mass is 35.5. The summed E-state index contributed by atoms with van der Waals surface area (Å²) in [7, 11) is 2.17. The number of aromatic nitrogens is 1. The van der Waals surface area contributed by atoms with Crippen LogP contribution in [0.2, 0.25) is 5.02 Å². The molecule has 2 N–H and O–H groups in total. The van der Waals surface area contributed by atoms with Gasteiger partial charge in [-0.05, 0) is 74.5 Å². The number of urea groups is 1. The largest absolute Gasteiger partial charge is 0.331 e. The smallest absolute Gasteiger partial charge is 0.319 e. The number of carbonyl (C=O) groups is 1. The molecule has 1 atom stereocenters. The molecule has 0 radical (unpaired) electrons. The van der Waals surface area contributed by atoms with Crippen molar-refractivity contribution in [3.63, 3.8) is 0 Å². The van der Waals surface area contributed by atoms with E-state index in [1.807, 2.05) is 30.4 Å². The van der Waals surface area contributed by atoms with Gasteiger partial charge in [0.25, 0.3) is 0 Å². The molecule has 1 unspecified atom stereocenters. The molecule has 1 aliphatic heterocycles. The topological polar surface area (TPSA) is 49.3 Å². The molecule has 0 saturated carbocycles. The molecular formula is C26H33ClN4OS. The Hall–Kier alpha value is -2.28. The number of hydrogen-bond donors (Lipinski definition) is 2. The van der Waals surface area contributed by atoms with Crippen LogP contribution in [0.4, 0.5) is 10.5 Å². The lowest BCUT2D eigenvalue weighted by molar-refractivity contribution is 0.247. The summed E-state index contributed by atoms with van der Waals surface area (Å²) in [5, 5.41) is 8.16. The van der Waals surface area contributed by atoms with Crippen molar-refractivity contribution >= 4 is 34.7 Å². The van der Waals surface area contributed by atoms with Crippen LogP contribution in [0.3, 0.4) is 0 Å². The first-order valence-electron chi connectivity index (χ1n) is 11.6. The van der Waals surface area contributed by atoms with Gasteiger partial charge in [0.1, 0.15) is 5.00 Å². The zero-order valence-corrected chi connectivity index (χ0v) is 21.4. The number of halogens is 1. The summed E-state index contributed by atoms with van der Waals surface area (Å²) in [6, 6.07) is 9.45. The van der Waals surface area contributed by atoms with Crippen LogP contribution in [0.25, 0.3) is 5.00 Å². The van der Waals surface area contributed by atoms with Crippen LogP contribution in [0.15, 0.2) is 42.7 Å². The van der Waals surface area contributed by atoms with E-state index in [0.29, 0.717) is 16.6 Å². The molecule has 3 heterocycles. The monoisotopic (exact) mass is 484 g/mol. The third-order valence-electron chi connectivity index (χ3n) is 6.22. The molecular weight excluding hydrogens is 452 g/mol. The van der Waals surface area contributed by atoms with E-state index in [-0.39, 0.29) is 12.1 Å². The summed E-state index contributed by atoms with van der Waals surface area (Å²) in [5.74, 6) is 0.559. The second-order valence-electron chi connectivity index (χ2n) is 9.39. The van der Waals surface area contributed by atoms with Gasteiger partial charge in [-0.3, -0.25) is 0 Å². The first-order valence-corrected chi connectivity index (χ1v) is 12.8. The number of rotatable bonds is 7. The van der Waals surface area contributed by atoms with Gasteiger partial charge in [0, 0.05) is 46.6 Å². The summed E-state index contributed by atoms with van der Waals surface area (Å²) in [5.41, 5.74) is 4.38. The summed E-state index contributed by atoms with van der Waals surface area (Å²) in [4.78, 5) is 16.9. The van der Waals surface area contributed by atoms with Crippen molar-refractivity contribution in [2.24, 2.45) is 5.92 Å². The standard InChI is InChI=1S/C26H33ClN4OS/c1-17(2)7-10-22(29-26(32)28-19-9-8-18(3)21(27)15-19)24-20-11-14-30(4)16-23(20)33-25(24)31-12-5-6-13-31/h5-6,8-9,12-13,15,17,22H,7,10-11,14,16H2,1-4H3,(H2,28,29,32). The number of thiophene rings is 1. The second-order valence-corrected chi connectivity index (χ2v) is 10.9. The van der Waals surface area contributed by atoms with E-state index in [1.54, 1.807) is 6.07 Å². The van der Waals surface area contributed by atoms with Crippen LogP contribution in [-0.4, -0.2) is 29.1 Å². The molecule has 2 amide bonds. The Labute approximate surface area is 205 Å². The number of hydrogen-bond acceptors (Lipinski definition) is 3. The summed E-state index contributed by atoms with van der Waals surface area (Å²) >= 11 is 8.11. The van der Waals surface area contributed by atoms with E-state index >= 15 is 0 Å². The minimum absolute atomic E-state index is 0.0610. The van der Waals surface area contributed by atoms with Gasteiger partial charge < -0.3 is 20.1 Å². The van der Waals surface area contributed by atoms with Crippen molar-refractivity contribution in [1.29, 1.82) is 0 Å². The Morgan fingerprint density at radius 1 is 1.21 bits per heavy atom. The van der Waals surface area contributed by atoms with Crippen molar-refractivity contribution in [1.82, 2.24) is 14.8 Å². The van der Waals surface area contributed by atoms with Gasteiger partial charge in [-0.25, -0.2) is 4.79 Å². The second kappa shape index (κ2) is 10.3. The lowest BCUT2D eigenvalue weighted by Crippen LogP contribution is -2.34. The Morgan fingerprint density at radius 3 is 2.67 bits per heavy atom. The molecule has 1 aliphatic rings. The maximum atomic E-state index is 13.1. The molecule has 1 aromatic carbocycles. The number of nitrogens with one attached hydrogen (secondary N) is 2. The number of likely N-dealkylation sites (N-methyl/N-ethyl adjacent to an activating group) is 1. The number of aryl methyl sites for hydroxylation is 1. The Morgan fingerprint density at radius 2 is 1.97 bits per heavy atom. The highest BCUT2D eigenvalue weighted by Gasteiger charge is 2.29. The number of anilines is 1. The fraction of sp³-hybridized carbons (Fsp3) is 0.423. The van der Waals surface area contributed by atoms with Crippen LogP contribution in [0.5, 0.6) is 0 Å². The molecule has 0 bridgehead atoms. The average molecular weight is 485 g/mol. The number of nitrogens with zero attached hydrogens (tertiary/aromatic N) is 2. The van der Waals surface area contributed by atoms with E-state index in [2.05, 4.69) is 65.5 Å². The van der Waals surface area contributed by atoms with Crippen LogP contribution >= 0.6 is 22.9 Å². The van der Waals surface area contributed by atoms with Crippen molar-refractivity contribution in [2.75, 3.05) is 18.9 Å². The van der Waals surface area contributed by atoms with Gasteiger partial charge >= 0.3 is 6.03 Å². The normalized spacial score (nSPS) is 14.8. The van der Waals surface area contributed by atoms with Gasteiger partial charge in [0.15, 0.2) is 0 Å². The van der Waals surface area contributed by atoms with Gasteiger partial charge in [0.2, 0.25) is 0 Å². The first-order chi connectivity index (χ1) is 15.8. The highest BCUT2D eigenvalue weighted by Crippen LogP contribution is 2.40. The maximum Gasteiger partial charge on any atom is 0.319 e. The van der Waals surface area contributed by atoms with E-state index in [9.17, 15) is 4.79 Å². The van der Waals surface area contributed by atoms with Crippen LogP contribution in [-0.2, 0) is 13.0 Å². The van der Waals surface area contributed by atoms with Crippen LogP contribution in [0.1, 0.15) is 54.3 Å². The predicted octanol–water partition coefficient (Wildman–Crippen LogP) is 6.79. The molecule has 3 aromatic rings. The Bertz CT molecular complexity index is 1110. The zero-order chi connectivity index (χ0) is 23.5. The summed E-state index contributed by atoms with van der Waals surface area (Å²) in [6.07, 6.45) is 7.13. The zero-order valence-electron chi connectivity index (χ0n) is 19.8. The fourth-order valence-corrected chi connectivity index (χ4v) is 5.98. The minimum atomic E-state index is -0.199. The molecule has 5 nitrogen and oxygen atoms in total. The molecule has 0 fully saturated rings. The van der Waals surface area contributed by atoms with Crippen molar-refractivity contribution in [3.8, 4) is 5.00 Å². The molecule has 2 aromatic heterocycles. The molecule has 0 spiro atoms. The molecule has 33 heavy (non-hydrogen) atoms. The number of fused-ring (bicyclic) bond motifs is 1. The van der Waals surface area contributed by atoms with Gasteiger partial charge in [0.05, 0.1) is 6.04 Å². The van der Waals surface area contributed by atoms with E-state index in [1.165, 1.54) is 21.0 Å². The SMILES string of the molecule is Cc1ccc(NC(=O)NC(CCC(C)C)c2c(-n3cccc3)sc3c2CCN(C)C3)cc1Cl. The number of amides is 2.